The Labute approximate surface area is 137 Å². The molecule has 7 heteroatoms. The van der Waals surface area contributed by atoms with Gasteiger partial charge in [0, 0.05) is 31.3 Å². The molecule has 0 atom stereocenters. The van der Waals surface area contributed by atoms with Crippen molar-refractivity contribution < 1.29 is 4.79 Å². The summed E-state index contributed by atoms with van der Waals surface area (Å²) < 4.78 is 1.66. The van der Waals surface area contributed by atoms with Crippen LogP contribution < -0.4 is 0 Å². The van der Waals surface area contributed by atoms with Gasteiger partial charge in [-0.15, -0.1) is 5.10 Å². The summed E-state index contributed by atoms with van der Waals surface area (Å²) in [4.78, 5) is 14.7. The topological polar surface area (TPSA) is 63.9 Å². The minimum atomic E-state index is 0.297. The van der Waals surface area contributed by atoms with Crippen LogP contribution in [-0.4, -0.2) is 48.9 Å². The number of carbonyl (C=O) groups excluding carboxylic acids is 1. The molecular weight excluding hydrogens is 298 g/mol. The molecule has 0 N–H and O–H groups in total. The van der Waals surface area contributed by atoms with Crippen LogP contribution in [0.3, 0.4) is 0 Å². The van der Waals surface area contributed by atoms with E-state index >= 15 is 0 Å². The van der Waals surface area contributed by atoms with Gasteiger partial charge in [-0.2, -0.15) is 0 Å². The second-order valence-electron chi connectivity index (χ2n) is 6.22. The molecule has 124 valence electrons. The Morgan fingerprint density at radius 3 is 2.68 bits per heavy atom. The van der Waals surface area contributed by atoms with E-state index in [4.69, 9.17) is 0 Å². The zero-order valence-corrected chi connectivity index (χ0v) is 14.7. The number of hydrogen-bond acceptors (Lipinski definition) is 5. The van der Waals surface area contributed by atoms with Crippen LogP contribution in [0, 0.1) is 0 Å². The van der Waals surface area contributed by atoms with Crippen LogP contribution in [0.5, 0.6) is 0 Å². The first-order valence-electron chi connectivity index (χ1n) is 8.26. The maximum atomic E-state index is 12.6. The highest BCUT2D eigenvalue weighted by molar-refractivity contribution is 7.99. The third kappa shape index (κ3) is 4.69. The van der Waals surface area contributed by atoms with Crippen molar-refractivity contribution in [3.63, 3.8) is 0 Å². The van der Waals surface area contributed by atoms with Crippen LogP contribution in [0.4, 0.5) is 0 Å². The largest absolute Gasteiger partial charge is 0.337 e. The van der Waals surface area contributed by atoms with E-state index in [-0.39, 0.29) is 0 Å². The van der Waals surface area contributed by atoms with Crippen LogP contribution >= 0.6 is 11.8 Å². The van der Waals surface area contributed by atoms with Crippen molar-refractivity contribution in [3.05, 3.63) is 0 Å². The minimum absolute atomic E-state index is 0.297. The van der Waals surface area contributed by atoms with Crippen molar-refractivity contribution >= 4 is 17.7 Å². The molecule has 1 fully saturated rings. The summed E-state index contributed by atoms with van der Waals surface area (Å²) in [5, 5.41) is 12.2. The third-order valence-corrected chi connectivity index (χ3v) is 5.26. The standard InChI is InChI=1S/C15H27N5OS/c1-12(2)20(13-8-5-4-6-9-13)14(21)10-7-11-22-15-16-17-18-19(15)3/h12-13H,4-11H2,1-3H3. The number of nitrogens with zero attached hydrogens (tertiary/aromatic N) is 5. The Morgan fingerprint density at radius 1 is 1.36 bits per heavy atom. The molecular formula is C15H27N5OS. The molecule has 0 aliphatic heterocycles. The molecule has 1 aliphatic carbocycles. The molecule has 1 aromatic rings. The van der Waals surface area contributed by atoms with Gasteiger partial charge in [0.2, 0.25) is 11.1 Å². The number of aryl methyl sites for hydroxylation is 1. The summed E-state index contributed by atoms with van der Waals surface area (Å²) in [6.07, 6.45) is 7.66. The molecule has 2 rings (SSSR count). The fraction of sp³-hybridized carbons (Fsp3) is 0.867. The van der Waals surface area contributed by atoms with Crippen molar-refractivity contribution in [3.8, 4) is 0 Å². The van der Waals surface area contributed by atoms with E-state index in [1.165, 1.54) is 32.1 Å². The quantitative estimate of drug-likeness (QED) is 0.569. The van der Waals surface area contributed by atoms with Gasteiger partial charge in [-0.1, -0.05) is 31.0 Å². The Morgan fingerprint density at radius 2 is 2.09 bits per heavy atom. The number of rotatable bonds is 7. The zero-order valence-electron chi connectivity index (χ0n) is 13.9. The Kier molecular flexibility index (Phi) is 6.67. The summed E-state index contributed by atoms with van der Waals surface area (Å²) in [5.74, 6) is 1.18. The van der Waals surface area contributed by atoms with Crippen molar-refractivity contribution in [1.29, 1.82) is 0 Å². The van der Waals surface area contributed by atoms with Crippen LogP contribution in [0.15, 0.2) is 5.16 Å². The van der Waals surface area contributed by atoms with Gasteiger partial charge in [0.15, 0.2) is 0 Å². The predicted octanol–water partition coefficient (Wildman–Crippen LogP) is 2.65. The number of aromatic nitrogens is 4. The summed E-state index contributed by atoms with van der Waals surface area (Å²) >= 11 is 1.61. The third-order valence-electron chi connectivity index (χ3n) is 4.16. The van der Waals surface area contributed by atoms with Crippen molar-refractivity contribution in [2.75, 3.05) is 5.75 Å². The normalized spacial score (nSPS) is 16.2. The first-order chi connectivity index (χ1) is 10.6. The molecule has 0 aromatic carbocycles. The minimum Gasteiger partial charge on any atom is -0.337 e. The van der Waals surface area contributed by atoms with Crippen molar-refractivity contribution in [2.24, 2.45) is 7.05 Å². The van der Waals surface area contributed by atoms with Crippen molar-refractivity contribution in [1.82, 2.24) is 25.1 Å². The van der Waals surface area contributed by atoms with E-state index in [9.17, 15) is 4.79 Å². The van der Waals surface area contributed by atoms with Gasteiger partial charge in [-0.05, 0) is 43.5 Å². The van der Waals surface area contributed by atoms with Gasteiger partial charge in [0.1, 0.15) is 0 Å². The molecule has 0 bridgehead atoms. The first-order valence-corrected chi connectivity index (χ1v) is 9.24. The lowest BCUT2D eigenvalue weighted by molar-refractivity contribution is -0.136. The van der Waals surface area contributed by atoms with Crippen LogP contribution in [0.25, 0.3) is 0 Å². The van der Waals surface area contributed by atoms with Gasteiger partial charge in [0.05, 0.1) is 0 Å². The predicted molar refractivity (Wildman–Crippen MR) is 87.6 cm³/mol. The van der Waals surface area contributed by atoms with Crippen LogP contribution in [0.2, 0.25) is 0 Å². The molecule has 0 unspecified atom stereocenters. The lowest BCUT2D eigenvalue weighted by Gasteiger charge is -2.37. The van der Waals surface area contributed by atoms with Gasteiger partial charge in [0.25, 0.3) is 0 Å². The number of hydrogen-bond donors (Lipinski definition) is 0. The SMILES string of the molecule is CC(C)N(C(=O)CCCSc1nnnn1C)C1CCCCC1. The number of amides is 1. The average Bonchev–Trinajstić information content (AvgIpc) is 2.90. The van der Waals surface area contributed by atoms with E-state index in [1.807, 2.05) is 7.05 Å². The lowest BCUT2D eigenvalue weighted by atomic mass is 9.93. The van der Waals surface area contributed by atoms with Gasteiger partial charge >= 0.3 is 0 Å². The molecule has 0 radical (unpaired) electrons. The number of thioether (sulfide) groups is 1. The second kappa shape index (κ2) is 8.50. The fourth-order valence-electron chi connectivity index (χ4n) is 3.13. The molecule has 0 spiro atoms. The monoisotopic (exact) mass is 325 g/mol. The van der Waals surface area contributed by atoms with E-state index in [0.717, 1.165) is 17.3 Å². The Balaban J connectivity index is 1.77. The van der Waals surface area contributed by atoms with Gasteiger partial charge in [-0.3, -0.25) is 4.79 Å². The van der Waals surface area contributed by atoms with Gasteiger partial charge in [-0.25, -0.2) is 4.68 Å². The molecule has 1 aromatic heterocycles. The van der Waals surface area contributed by atoms with Crippen LogP contribution in [-0.2, 0) is 11.8 Å². The fourth-order valence-corrected chi connectivity index (χ4v) is 3.92. The molecule has 1 heterocycles. The molecule has 1 amide bonds. The Bertz CT molecular complexity index is 470. The highest BCUT2D eigenvalue weighted by atomic mass is 32.2. The average molecular weight is 325 g/mol. The highest BCUT2D eigenvalue weighted by Gasteiger charge is 2.26. The first kappa shape index (κ1) is 17.2. The summed E-state index contributed by atoms with van der Waals surface area (Å²) in [6.45, 7) is 4.26. The Hall–Kier alpha value is -1.11. The molecule has 1 saturated carbocycles. The molecule has 6 nitrogen and oxygen atoms in total. The summed E-state index contributed by atoms with van der Waals surface area (Å²) in [6, 6.07) is 0.753. The molecule has 22 heavy (non-hydrogen) atoms. The summed E-state index contributed by atoms with van der Waals surface area (Å²) in [7, 11) is 1.83. The maximum absolute atomic E-state index is 12.6. The molecule has 0 saturated heterocycles. The van der Waals surface area contributed by atoms with Crippen molar-refractivity contribution in [2.45, 2.75) is 76.0 Å². The summed E-state index contributed by atoms with van der Waals surface area (Å²) in [5.41, 5.74) is 0. The number of carbonyl (C=O) groups is 1. The van der Waals surface area contributed by atoms with E-state index in [0.29, 0.717) is 24.4 Å². The van der Waals surface area contributed by atoms with E-state index in [1.54, 1.807) is 16.4 Å². The molecule has 1 aliphatic rings. The van der Waals surface area contributed by atoms with E-state index in [2.05, 4.69) is 34.3 Å². The van der Waals surface area contributed by atoms with Gasteiger partial charge < -0.3 is 4.90 Å². The number of tetrazole rings is 1. The second-order valence-corrected chi connectivity index (χ2v) is 7.29. The van der Waals surface area contributed by atoms with E-state index < -0.39 is 0 Å². The lowest BCUT2D eigenvalue weighted by Crippen LogP contribution is -2.45. The highest BCUT2D eigenvalue weighted by Crippen LogP contribution is 2.25. The smallest absolute Gasteiger partial charge is 0.223 e. The maximum Gasteiger partial charge on any atom is 0.223 e. The zero-order chi connectivity index (χ0) is 15.9. The van der Waals surface area contributed by atoms with Crippen LogP contribution in [0.1, 0.15) is 58.8 Å².